The molecule has 0 radical (unpaired) electrons. The van der Waals surface area contributed by atoms with Crippen LogP contribution in [0.25, 0.3) is 10.9 Å². The van der Waals surface area contributed by atoms with Crippen molar-refractivity contribution in [2.45, 2.75) is 12.5 Å². The number of nitrogens with zero attached hydrogens (tertiary/aromatic N) is 1. The highest BCUT2D eigenvalue weighted by Gasteiger charge is 2.22. The van der Waals surface area contributed by atoms with Crippen LogP contribution in [0.2, 0.25) is 0 Å². The molecular weight excluding hydrogens is 266 g/mol. The number of nitro groups is 1. The number of H-pyrrole nitrogens is 1. The van der Waals surface area contributed by atoms with Crippen molar-refractivity contribution in [1.29, 1.82) is 0 Å². The maximum absolute atomic E-state index is 11.1. The summed E-state index contributed by atoms with van der Waals surface area (Å²) < 4.78 is 5.00. The zero-order chi connectivity index (χ0) is 14.9. The second kappa shape index (κ2) is 5.17. The zero-order valence-electron chi connectivity index (χ0n) is 10.6. The van der Waals surface area contributed by atoms with Gasteiger partial charge in [0.15, 0.2) is 0 Å². The number of carboxylic acids is 1. The van der Waals surface area contributed by atoms with Gasteiger partial charge >= 0.3 is 5.97 Å². The van der Waals surface area contributed by atoms with E-state index in [1.807, 2.05) is 0 Å². The third-order valence-electron chi connectivity index (χ3n) is 3.00. The van der Waals surface area contributed by atoms with Gasteiger partial charge < -0.3 is 20.6 Å². The Morgan fingerprint density at radius 3 is 2.85 bits per heavy atom. The van der Waals surface area contributed by atoms with E-state index in [1.54, 1.807) is 6.07 Å². The number of aromatic nitrogens is 1. The molecule has 0 aliphatic rings. The van der Waals surface area contributed by atoms with Crippen LogP contribution in [0.1, 0.15) is 5.56 Å². The molecule has 0 aliphatic heterocycles. The number of fused-ring (bicyclic) bond motifs is 1. The second-order valence-corrected chi connectivity index (χ2v) is 4.29. The second-order valence-electron chi connectivity index (χ2n) is 4.29. The summed E-state index contributed by atoms with van der Waals surface area (Å²) in [5, 5.41) is 20.3. The Morgan fingerprint density at radius 1 is 1.60 bits per heavy atom. The van der Waals surface area contributed by atoms with Crippen LogP contribution in [0.15, 0.2) is 18.3 Å². The van der Waals surface area contributed by atoms with E-state index in [1.165, 1.54) is 19.4 Å². The number of non-ortho nitro benzene ring substituents is 1. The van der Waals surface area contributed by atoms with Gasteiger partial charge in [-0.25, -0.2) is 0 Å². The highest BCUT2D eigenvalue weighted by atomic mass is 16.6. The number of hydrogen-bond acceptors (Lipinski definition) is 5. The van der Waals surface area contributed by atoms with E-state index in [0.717, 1.165) is 0 Å². The smallest absolute Gasteiger partial charge is 0.320 e. The van der Waals surface area contributed by atoms with Gasteiger partial charge in [-0.3, -0.25) is 14.9 Å². The Morgan fingerprint density at radius 2 is 2.30 bits per heavy atom. The highest BCUT2D eigenvalue weighted by molar-refractivity contribution is 5.93. The fourth-order valence-corrected chi connectivity index (χ4v) is 2.04. The minimum absolute atomic E-state index is 0.00248. The van der Waals surface area contributed by atoms with Gasteiger partial charge in [0.2, 0.25) is 0 Å². The quantitative estimate of drug-likeness (QED) is 0.553. The fourth-order valence-electron chi connectivity index (χ4n) is 2.04. The van der Waals surface area contributed by atoms with Crippen LogP contribution in [-0.2, 0) is 11.2 Å². The number of ether oxygens (including phenoxy) is 1. The predicted octanol–water partition coefficient (Wildman–Crippen LogP) is 1.04. The number of aromatic amines is 1. The lowest BCUT2D eigenvalue weighted by Gasteiger charge is -2.06. The highest BCUT2D eigenvalue weighted by Crippen LogP contribution is 2.33. The Hall–Kier alpha value is -2.61. The molecule has 2 aromatic rings. The first-order chi connectivity index (χ1) is 9.43. The van der Waals surface area contributed by atoms with Gasteiger partial charge in [-0.1, -0.05) is 0 Å². The molecule has 8 nitrogen and oxygen atoms in total. The first-order valence-corrected chi connectivity index (χ1v) is 5.74. The molecule has 1 atom stereocenters. The Bertz CT molecular complexity index is 679. The van der Waals surface area contributed by atoms with E-state index in [9.17, 15) is 14.9 Å². The SMILES string of the molecule is COc1cc([N+](=O)[O-])c2c(C[C@H](N)C(=O)O)c[nH]c2c1. The summed E-state index contributed by atoms with van der Waals surface area (Å²) in [4.78, 5) is 24.3. The van der Waals surface area contributed by atoms with Crippen LogP contribution < -0.4 is 10.5 Å². The topological polar surface area (TPSA) is 131 Å². The maximum Gasteiger partial charge on any atom is 0.320 e. The van der Waals surface area contributed by atoms with Gasteiger partial charge in [0, 0.05) is 18.7 Å². The minimum atomic E-state index is -1.16. The van der Waals surface area contributed by atoms with E-state index < -0.39 is 16.9 Å². The van der Waals surface area contributed by atoms with E-state index >= 15 is 0 Å². The van der Waals surface area contributed by atoms with Gasteiger partial charge in [-0.2, -0.15) is 0 Å². The van der Waals surface area contributed by atoms with Crippen LogP contribution in [0.5, 0.6) is 5.75 Å². The molecular formula is C12H13N3O5. The Labute approximate surface area is 113 Å². The monoisotopic (exact) mass is 279 g/mol. The maximum atomic E-state index is 11.1. The van der Waals surface area contributed by atoms with Crippen molar-refractivity contribution in [3.05, 3.63) is 34.0 Å². The molecule has 0 aliphatic carbocycles. The molecule has 1 heterocycles. The van der Waals surface area contributed by atoms with E-state index in [2.05, 4.69) is 4.98 Å². The summed E-state index contributed by atoms with van der Waals surface area (Å²) in [5.74, 6) is -0.810. The average molecular weight is 279 g/mol. The van der Waals surface area contributed by atoms with E-state index in [4.69, 9.17) is 15.6 Å². The molecule has 0 saturated heterocycles. The van der Waals surface area contributed by atoms with E-state index in [0.29, 0.717) is 22.2 Å². The fraction of sp³-hybridized carbons (Fsp3) is 0.250. The van der Waals surface area contributed by atoms with Crippen molar-refractivity contribution in [3.63, 3.8) is 0 Å². The summed E-state index contributed by atoms with van der Waals surface area (Å²) in [7, 11) is 1.41. The van der Waals surface area contributed by atoms with Crippen molar-refractivity contribution >= 4 is 22.6 Å². The van der Waals surface area contributed by atoms with Crippen molar-refractivity contribution in [2.75, 3.05) is 7.11 Å². The van der Waals surface area contributed by atoms with Crippen molar-refractivity contribution < 1.29 is 19.6 Å². The molecule has 1 aromatic heterocycles. The third kappa shape index (κ3) is 2.41. The molecule has 2 rings (SSSR count). The van der Waals surface area contributed by atoms with E-state index in [-0.39, 0.29) is 12.1 Å². The summed E-state index contributed by atoms with van der Waals surface area (Å²) >= 11 is 0. The molecule has 106 valence electrons. The number of nitrogens with one attached hydrogen (secondary N) is 1. The minimum Gasteiger partial charge on any atom is -0.496 e. The molecule has 0 saturated carbocycles. The lowest BCUT2D eigenvalue weighted by Crippen LogP contribution is -2.32. The number of carboxylic acid groups (broad SMARTS) is 1. The predicted molar refractivity (Wildman–Crippen MR) is 70.8 cm³/mol. The van der Waals surface area contributed by atoms with Gasteiger partial charge in [0.25, 0.3) is 5.69 Å². The molecule has 0 bridgehead atoms. The number of rotatable bonds is 5. The van der Waals surface area contributed by atoms with Crippen LogP contribution in [-0.4, -0.2) is 34.1 Å². The molecule has 20 heavy (non-hydrogen) atoms. The molecule has 1 aromatic carbocycles. The number of hydrogen-bond donors (Lipinski definition) is 3. The van der Waals surface area contributed by atoms with Crippen LogP contribution in [0, 0.1) is 10.1 Å². The Balaban J connectivity index is 2.58. The number of carbonyl (C=O) groups is 1. The molecule has 0 unspecified atom stereocenters. The molecule has 0 amide bonds. The van der Waals surface area contributed by atoms with Gasteiger partial charge in [-0.05, 0) is 5.56 Å². The summed E-state index contributed by atoms with van der Waals surface area (Å²) in [6.45, 7) is 0. The zero-order valence-corrected chi connectivity index (χ0v) is 10.6. The van der Waals surface area contributed by atoms with Crippen molar-refractivity contribution in [1.82, 2.24) is 4.98 Å². The standard InChI is InChI=1S/C12H13N3O5/c1-20-7-3-9-11(10(4-7)15(18)19)6(5-14-9)2-8(13)12(16)17/h3-5,8,14H,2,13H2,1H3,(H,16,17)/t8-/m0/s1. The number of aliphatic carboxylic acids is 1. The largest absolute Gasteiger partial charge is 0.496 e. The first kappa shape index (κ1) is 13.8. The number of nitro benzene ring substituents is 1. The van der Waals surface area contributed by atoms with Gasteiger partial charge in [0.05, 0.1) is 29.0 Å². The van der Waals surface area contributed by atoms with Gasteiger partial charge in [0.1, 0.15) is 11.8 Å². The lowest BCUT2D eigenvalue weighted by molar-refractivity contribution is -0.383. The number of nitrogens with two attached hydrogens (primary N) is 1. The van der Waals surface area contributed by atoms with Gasteiger partial charge in [-0.15, -0.1) is 0 Å². The molecule has 0 fully saturated rings. The normalized spacial score (nSPS) is 12.3. The first-order valence-electron chi connectivity index (χ1n) is 5.74. The van der Waals surface area contributed by atoms with Crippen LogP contribution >= 0.6 is 0 Å². The Kier molecular flexibility index (Phi) is 3.57. The molecule has 8 heteroatoms. The lowest BCUT2D eigenvalue weighted by atomic mass is 10.0. The van der Waals surface area contributed by atoms with Crippen molar-refractivity contribution in [3.8, 4) is 5.75 Å². The number of benzene rings is 1. The summed E-state index contributed by atoms with van der Waals surface area (Å²) in [6, 6.07) is 1.79. The third-order valence-corrected chi connectivity index (χ3v) is 3.00. The molecule has 4 N–H and O–H groups in total. The number of methoxy groups -OCH3 is 1. The van der Waals surface area contributed by atoms with Crippen molar-refractivity contribution in [2.24, 2.45) is 5.73 Å². The van der Waals surface area contributed by atoms with Crippen LogP contribution in [0.3, 0.4) is 0 Å². The average Bonchev–Trinajstić information content (AvgIpc) is 2.80. The summed E-state index contributed by atoms with van der Waals surface area (Å²) in [5.41, 5.74) is 6.32. The molecule has 0 spiro atoms. The van der Waals surface area contributed by atoms with Crippen LogP contribution in [0.4, 0.5) is 5.69 Å². The summed E-state index contributed by atoms with van der Waals surface area (Å²) in [6.07, 6.45) is 1.53.